The number of nitrogens with zero attached hydrogens (tertiary/aromatic N) is 7. The predicted molar refractivity (Wildman–Crippen MR) is 150 cm³/mol. The second kappa shape index (κ2) is 13.9. The van der Waals surface area contributed by atoms with E-state index in [2.05, 4.69) is 25.6 Å². The maximum absolute atomic E-state index is 13.6. The third kappa shape index (κ3) is 8.05. The molecule has 41 heavy (non-hydrogen) atoms. The number of nitrogens with one attached hydrogen (secondary N) is 1. The number of piperidine rings is 1. The minimum absolute atomic E-state index is 0.0280. The first-order valence-corrected chi connectivity index (χ1v) is 13.8. The van der Waals surface area contributed by atoms with Crippen molar-refractivity contribution in [1.82, 2.24) is 14.9 Å². The Morgan fingerprint density at radius 3 is 2.29 bits per heavy atom. The molecule has 0 spiro atoms. The number of amides is 1. The molecule has 1 aliphatic rings. The van der Waals surface area contributed by atoms with Gasteiger partial charge in [0.2, 0.25) is 5.95 Å². The van der Waals surface area contributed by atoms with Crippen LogP contribution in [-0.2, 0) is 17.5 Å². The van der Waals surface area contributed by atoms with Gasteiger partial charge in [-0.15, -0.1) is 0 Å². The lowest BCUT2D eigenvalue weighted by atomic mass is 9.87. The van der Waals surface area contributed by atoms with Gasteiger partial charge in [-0.25, -0.2) is 20.3 Å². The van der Waals surface area contributed by atoms with E-state index in [1.54, 1.807) is 18.7 Å². The van der Waals surface area contributed by atoms with Crippen LogP contribution in [0.2, 0.25) is 5.02 Å². The van der Waals surface area contributed by atoms with Crippen molar-refractivity contribution in [3.05, 3.63) is 57.6 Å². The van der Waals surface area contributed by atoms with E-state index in [0.29, 0.717) is 36.8 Å². The Bertz CT molecular complexity index is 1210. The van der Waals surface area contributed by atoms with Gasteiger partial charge < -0.3 is 25.0 Å². The number of rotatable bonds is 9. The largest absolute Gasteiger partial charge is 0.467 e. The number of hydrogen-bond donors (Lipinski definition) is 1. The molecule has 0 saturated carbocycles. The molecule has 3 atom stereocenters. The lowest BCUT2D eigenvalue weighted by Crippen LogP contribution is -2.57. The zero-order valence-electron chi connectivity index (χ0n) is 23.7. The summed E-state index contributed by atoms with van der Waals surface area (Å²) in [6.45, 7) is 7.64. The zero-order valence-corrected chi connectivity index (χ0v) is 24.4. The quantitative estimate of drug-likeness (QED) is 0.140. The highest BCUT2D eigenvalue weighted by molar-refractivity contribution is 6.30. The van der Waals surface area contributed by atoms with Gasteiger partial charge in [0, 0.05) is 47.7 Å². The van der Waals surface area contributed by atoms with Crippen molar-refractivity contribution in [2.45, 2.75) is 90.3 Å². The average molecular weight is 596 g/mol. The highest BCUT2D eigenvalue weighted by Gasteiger charge is 2.41. The van der Waals surface area contributed by atoms with Crippen LogP contribution in [0.15, 0.2) is 40.9 Å². The van der Waals surface area contributed by atoms with Crippen LogP contribution in [0.1, 0.15) is 70.1 Å². The van der Waals surface area contributed by atoms with E-state index >= 15 is 0 Å². The molecule has 1 amide bonds. The Hall–Kier alpha value is -3.48. The summed E-state index contributed by atoms with van der Waals surface area (Å²) in [6, 6.07) is 2.94. The van der Waals surface area contributed by atoms with Gasteiger partial charge in [0.25, 0.3) is 0 Å². The molecular weight excluding hydrogens is 561 g/mol. The number of alkyl halides is 3. The molecule has 10 nitrogen and oxygen atoms in total. The maximum atomic E-state index is 13.6. The maximum Gasteiger partial charge on any atom is 0.416 e. The fourth-order valence-corrected chi connectivity index (χ4v) is 5.38. The first kappa shape index (κ1) is 32.0. The molecule has 1 aromatic carbocycles. The number of benzene rings is 1. The second-order valence-electron chi connectivity index (χ2n) is 10.1. The standard InChI is InChI=1S/C27H35ClF3N8O2/c1-6-21-11-23(12-22(7-2)39(21)26(40)41-16(3)4)38(15-17-8-19(27(29,30)31)10-20(28)9-17)25-34-13-18(14-35-25)24(33-5)36-37-32/h8-10,13-14,16,21-23H,6-7,11-12,15H2,1-5H3,(H-,32,33,36)/q-1/t21-,22+,23?. The van der Waals surface area contributed by atoms with Crippen molar-refractivity contribution < 1.29 is 22.7 Å². The van der Waals surface area contributed by atoms with Crippen molar-refractivity contribution in [2.75, 3.05) is 11.9 Å². The predicted octanol–water partition coefficient (Wildman–Crippen LogP) is 7.42. The van der Waals surface area contributed by atoms with Crippen LogP contribution in [0.5, 0.6) is 0 Å². The number of carbonyl (C=O) groups excluding carboxylic acids is 1. The highest BCUT2D eigenvalue weighted by Crippen LogP contribution is 2.35. The molecule has 1 aliphatic heterocycles. The molecule has 1 fully saturated rings. The van der Waals surface area contributed by atoms with E-state index in [-0.39, 0.29) is 53.7 Å². The van der Waals surface area contributed by atoms with Crippen molar-refractivity contribution >= 4 is 29.5 Å². The van der Waals surface area contributed by atoms with E-state index < -0.39 is 11.7 Å². The summed E-state index contributed by atoms with van der Waals surface area (Å²) < 4.78 is 46.3. The van der Waals surface area contributed by atoms with Crippen LogP contribution in [0.4, 0.5) is 23.9 Å². The summed E-state index contributed by atoms with van der Waals surface area (Å²) in [5.41, 5.74) is 6.93. The van der Waals surface area contributed by atoms with E-state index in [4.69, 9.17) is 21.9 Å². The molecule has 1 saturated heterocycles. The Balaban J connectivity index is 2.04. The first-order chi connectivity index (χ1) is 19.4. The Morgan fingerprint density at radius 1 is 1.20 bits per heavy atom. The monoisotopic (exact) mass is 595 g/mol. The van der Waals surface area contributed by atoms with Gasteiger partial charge in [0.15, 0.2) is 0 Å². The van der Waals surface area contributed by atoms with Crippen molar-refractivity contribution in [1.29, 1.82) is 5.53 Å². The Morgan fingerprint density at radius 2 is 1.80 bits per heavy atom. The molecular formula is C27H35ClF3N8O2-. The van der Waals surface area contributed by atoms with E-state index in [1.807, 2.05) is 18.7 Å². The molecule has 0 radical (unpaired) electrons. The third-order valence-electron chi connectivity index (χ3n) is 6.95. The summed E-state index contributed by atoms with van der Waals surface area (Å²) >= 11 is 6.10. The molecule has 224 valence electrons. The summed E-state index contributed by atoms with van der Waals surface area (Å²) in [4.78, 5) is 25.7. The molecule has 14 heteroatoms. The van der Waals surface area contributed by atoms with E-state index in [0.717, 1.165) is 12.1 Å². The number of likely N-dealkylation sites (tertiary alicyclic amines) is 1. The lowest BCUT2D eigenvalue weighted by molar-refractivity contribution is -0.137. The van der Waals surface area contributed by atoms with Crippen LogP contribution in [0.25, 0.3) is 5.32 Å². The fourth-order valence-electron chi connectivity index (χ4n) is 5.12. The number of halogens is 4. The van der Waals surface area contributed by atoms with Crippen LogP contribution < -0.4 is 4.90 Å². The highest BCUT2D eigenvalue weighted by atomic mass is 35.5. The smallest absolute Gasteiger partial charge is 0.416 e. The van der Waals surface area contributed by atoms with Crippen molar-refractivity contribution in [3.8, 4) is 0 Å². The second-order valence-corrected chi connectivity index (χ2v) is 10.5. The fraction of sp³-hybridized carbons (Fsp3) is 0.556. The van der Waals surface area contributed by atoms with Crippen LogP contribution in [0, 0.1) is 5.53 Å². The summed E-state index contributed by atoms with van der Waals surface area (Å²) in [7, 11) is 1.50. The van der Waals surface area contributed by atoms with Gasteiger partial charge in [-0.3, -0.25) is 0 Å². The topological polar surface area (TPSA) is 121 Å². The van der Waals surface area contributed by atoms with Gasteiger partial charge in [-0.1, -0.05) is 32.5 Å². The molecule has 2 heterocycles. The van der Waals surface area contributed by atoms with E-state index in [9.17, 15) is 18.0 Å². The number of carbonyl (C=O) groups is 1. The molecule has 1 aromatic heterocycles. The van der Waals surface area contributed by atoms with Crippen molar-refractivity contribution in [2.24, 2.45) is 10.3 Å². The Kier molecular flexibility index (Phi) is 10.9. The molecule has 1 unspecified atom stereocenters. The minimum atomic E-state index is -4.56. The van der Waals surface area contributed by atoms with E-state index in [1.165, 1.54) is 25.5 Å². The molecule has 3 rings (SSSR count). The molecule has 0 bridgehead atoms. The summed E-state index contributed by atoms with van der Waals surface area (Å²) in [5.74, 6) is 0.449. The molecule has 1 N–H and O–H groups in total. The zero-order chi connectivity index (χ0) is 30.3. The van der Waals surface area contributed by atoms with Gasteiger partial charge in [-0.2, -0.15) is 18.4 Å². The van der Waals surface area contributed by atoms with Gasteiger partial charge in [-0.05, 0) is 69.1 Å². The molecule has 2 aromatic rings. The molecule has 0 aliphatic carbocycles. The van der Waals surface area contributed by atoms with Gasteiger partial charge in [0.05, 0.1) is 11.7 Å². The third-order valence-corrected chi connectivity index (χ3v) is 7.17. The lowest BCUT2D eigenvalue weighted by Gasteiger charge is -2.47. The average Bonchev–Trinajstić information content (AvgIpc) is 2.92. The van der Waals surface area contributed by atoms with Crippen LogP contribution in [0.3, 0.4) is 0 Å². The summed E-state index contributed by atoms with van der Waals surface area (Å²) in [5, 5.41) is 10.6. The van der Waals surface area contributed by atoms with Gasteiger partial charge >= 0.3 is 12.3 Å². The normalized spacial score (nSPS) is 19.7. The number of amidine groups is 1. The number of hydrogen-bond acceptors (Lipinski definition) is 7. The first-order valence-electron chi connectivity index (χ1n) is 13.4. The number of anilines is 1. The van der Waals surface area contributed by atoms with Crippen LogP contribution >= 0.6 is 11.6 Å². The SMILES string of the molecule is CC[C@@H]1CC(N(Cc2cc(Cl)cc(C(F)(F)F)c2)c2ncc(/C(=N/N=N)[N-]C)cn2)C[C@H](CC)N1C(=O)OC(C)C. The van der Waals surface area contributed by atoms with Gasteiger partial charge in [0.1, 0.15) is 0 Å². The van der Waals surface area contributed by atoms with Crippen molar-refractivity contribution in [3.63, 3.8) is 0 Å². The number of aromatic nitrogens is 2. The number of ether oxygens (including phenoxy) is 1. The Labute approximate surface area is 242 Å². The minimum Gasteiger partial charge on any atom is -0.467 e. The summed E-state index contributed by atoms with van der Waals surface area (Å²) in [6.07, 6.45) is 0.159. The van der Waals surface area contributed by atoms with Crippen LogP contribution in [-0.4, -0.2) is 58.1 Å².